The predicted octanol–water partition coefficient (Wildman–Crippen LogP) is 1.72. The third-order valence-corrected chi connectivity index (χ3v) is 4.24. The Labute approximate surface area is 130 Å². The molecule has 1 aromatic heterocycles. The Bertz CT molecular complexity index is 543. The monoisotopic (exact) mass is 305 g/mol. The summed E-state index contributed by atoms with van der Waals surface area (Å²) in [5.41, 5.74) is 0.628. The predicted molar refractivity (Wildman–Crippen MR) is 80.6 cm³/mol. The summed E-state index contributed by atoms with van der Waals surface area (Å²) in [6.45, 7) is 5.96. The summed E-state index contributed by atoms with van der Waals surface area (Å²) < 4.78 is 11.9. The quantitative estimate of drug-likeness (QED) is 0.847. The average molecular weight is 305 g/mol. The minimum absolute atomic E-state index is 0.0771. The van der Waals surface area contributed by atoms with Crippen LogP contribution in [0.15, 0.2) is 12.4 Å². The molecule has 2 aliphatic rings. The number of hydrogen-bond acceptors (Lipinski definition) is 5. The Morgan fingerprint density at radius 1 is 1.50 bits per heavy atom. The van der Waals surface area contributed by atoms with Gasteiger partial charge in [0.2, 0.25) is 11.8 Å². The van der Waals surface area contributed by atoms with Gasteiger partial charge in [-0.3, -0.25) is 9.78 Å². The summed E-state index contributed by atoms with van der Waals surface area (Å²) in [5.74, 6) is 0.796. The van der Waals surface area contributed by atoms with Crippen molar-refractivity contribution in [2.24, 2.45) is 0 Å². The molecule has 0 saturated carbocycles. The summed E-state index contributed by atoms with van der Waals surface area (Å²) >= 11 is 0. The fourth-order valence-electron chi connectivity index (χ4n) is 3.17. The van der Waals surface area contributed by atoms with Gasteiger partial charge in [0, 0.05) is 25.5 Å². The second-order valence-electron chi connectivity index (χ2n) is 6.26. The summed E-state index contributed by atoms with van der Waals surface area (Å²) in [6, 6.07) is 0. The Kier molecular flexibility index (Phi) is 4.29. The molecule has 1 aromatic rings. The minimum atomic E-state index is -0.219. The van der Waals surface area contributed by atoms with Crippen LogP contribution >= 0.6 is 0 Å². The third kappa shape index (κ3) is 3.21. The minimum Gasteiger partial charge on any atom is -0.473 e. The topological polar surface area (TPSA) is 64.6 Å². The van der Waals surface area contributed by atoms with Crippen LogP contribution in [0.3, 0.4) is 0 Å². The van der Waals surface area contributed by atoms with Gasteiger partial charge in [-0.05, 0) is 13.3 Å². The maximum atomic E-state index is 11.9. The SMILES string of the molecule is CCCC(=O)N1CC2(C[C@H](Oc3cncc(C)n3)CCO2)C1. The number of hydrogen-bond donors (Lipinski definition) is 0. The number of aromatic nitrogens is 2. The Morgan fingerprint density at radius 2 is 2.32 bits per heavy atom. The number of ether oxygens (including phenoxy) is 2. The second-order valence-corrected chi connectivity index (χ2v) is 6.26. The van der Waals surface area contributed by atoms with Crippen LogP contribution < -0.4 is 4.74 Å². The average Bonchev–Trinajstić information content (AvgIpc) is 2.45. The van der Waals surface area contributed by atoms with Crippen LogP contribution in [0.5, 0.6) is 5.88 Å². The van der Waals surface area contributed by atoms with E-state index in [-0.39, 0.29) is 17.6 Å². The first-order chi connectivity index (χ1) is 10.6. The lowest BCUT2D eigenvalue weighted by atomic mass is 9.84. The molecule has 0 bridgehead atoms. The molecule has 0 unspecified atom stereocenters. The van der Waals surface area contributed by atoms with Crippen molar-refractivity contribution in [2.75, 3.05) is 19.7 Å². The Morgan fingerprint density at radius 3 is 3.05 bits per heavy atom. The molecule has 1 spiro atoms. The zero-order chi connectivity index (χ0) is 15.6. The fraction of sp³-hybridized carbons (Fsp3) is 0.688. The van der Waals surface area contributed by atoms with Gasteiger partial charge in [0.05, 0.1) is 31.6 Å². The first-order valence-corrected chi connectivity index (χ1v) is 7.97. The standard InChI is InChI=1S/C16H23N3O3/c1-3-4-15(20)19-10-16(11-19)7-13(5-6-21-16)22-14-9-17-8-12(2)18-14/h8-9,13H,3-7,10-11H2,1-2H3/t13-/m1/s1. The molecule has 1 atom stereocenters. The van der Waals surface area contributed by atoms with Crippen molar-refractivity contribution < 1.29 is 14.3 Å². The van der Waals surface area contributed by atoms with Crippen LogP contribution in [0, 0.1) is 6.92 Å². The van der Waals surface area contributed by atoms with Gasteiger partial charge in [0.25, 0.3) is 0 Å². The molecule has 2 aliphatic heterocycles. The van der Waals surface area contributed by atoms with E-state index in [4.69, 9.17) is 9.47 Å². The molecule has 0 aliphatic carbocycles. The van der Waals surface area contributed by atoms with E-state index in [0.29, 0.717) is 32.0 Å². The lowest BCUT2D eigenvalue weighted by Gasteiger charge is -2.52. The van der Waals surface area contributed by atoms with Gasteiger partial charge in [-0.25, -0.2) is 4.98 Å². The molecule has 120 valence electrons. The van der Waals surface area contributed by atoms with E-state index in [1.165, 1.54) is 0 Å². The summed E-state index contributed by atoms with van der Waals surface area (Å²) in [7, 11) is 0. The molecule has 1 amide bonds. The van der Waals surface area contributed by atoms with Crippen molar-refractivity contribution >= 4 is 5.91 Å². The van der Waals surface area contributed by atoms with E-state index in [9.17, 15) is 4.79 Å². The molecule has 6 nitrogen and oxygen atoms in total. The maximum Gasteiger partial charge on any atom is 0.232 e. The highest BCUT2D eigenvalue weighted by Crippen LogP contribution is 2.35. The summed E-state index contributed by atoms with van der Waals surface area (Å²) in [6.07, 6.45) is 6.59. The number of amides is 1. The van der Waals surface area contributed by atoms with E-state index < -0.39 is 0 Å². The number of likely N-dealkylation sites (tertiary alicyclic amines) is 1. The van der Waals surface area contributed by atoms with E-state index >= 15 is 0 Å². The smallest absolute Gasteiger partial charge is 0.232 e. The molecule has 0 aromatic carbocycles. The molecule has 2 fully saturated rings. The molecule has 22 heavy (non-hydrogen) atoms. The van der Waals surface area contributed by atoms with Gasteiger partial charge in [-0.1, -0.05) is 6.92 Å². The molecule has 0 radical (unpaired) electrons. The van der Waals surface area contributed by atoms with Gasteiger partial charge in [-0.2, -0.15) is 0 Å². The van der Waals surface area contributed by atoms with Gasteiger partial charge in [0.1, 0.15) is 11.7 Å². The van der Waals surface area contributed by atoms with Crippen LogP contribution in [0.1, 0.15) is 38.3 Å². The number of nitrogens with zero attached hydrogens (tertiary/aromatic N) is 3. The van der Waals surface area contributed by atoms with Gasteiger partial charge < -0.3 is 14.4 Å². The van der Waals surface area contributed by atoms with Crippen LogP contribution in [-0.2, 0) is 9.53 Å². The van der Waals surface area contributed by atoms with E-state index in [1.807, 2.05) is 18.7 Å². The van der Waals surface area contributed by atoms with Crippen molar-refractivity contribution in [1.29, 1.82) is 0 Å². The van der Waals surface area contributed by atoms with Gasteiger partial charge >= 0.3 is 0 Å². The fourth-order valence-corrected chi connectivity index (χ4v) is 3.17. The number of carbonyl (C=O) groups is 1. The second kappa shape index (κ2) is 6.20. The molecular weight excluding hydrogens is 282 g/mol. The Balaban J connectivity index is 1.56. The highest BCUT2D eigenvalue weighted by Gasteiger charge is 2.49. The highest BCUT2D eigenvalue weighted by atomic mass is 16.5. The van der Waals surface area contributed by atoms with Crippen LogP contribution in [0.2, 0.25) is 0 Å². The van der Waals surface area contributed by atoms with Crippen LogP contribution in [-0.4, -0.2) is 52.2 Å². The van der Waals surface area contributed by atoms with Gasteiger partial charge in [-0.15, -0.1) is 0 Å². The molecule has 0 N–H and O–H groups in total. The number of carbonyl (C=O) groups excluding carboxylic acids is 1. The lowest BCUT2D eigenvalue weighted by molar-refractivity contribution is -0.193. The van der Waals surface area contributed by atoms with E-state index in [1.54, 1.807) is 12.4 Å². The lowest BCUT2D eigenvalue weighted by Crippen LogP contribution is -2.67. The Hall–Kier alpha value is -1.69. The molecular formula is C16H23N3O3. The van der Waals surface area contributed by atoms with Crippen LogP contribution in [0.25, 0.3) is 0 Å². The number of aryl methyl sites for hydroxylation is 1. The molecule has 3 rings (SSSR count). The van der Waals surface area contributed by atoms with Gasteiger partial charge in [0.15, 0.2) is 0 Å². The van der Waals surface area contributed by atoms with Crippen LogP contribution in [0.4, 0.5) is 0 Å². The number of rotatable bonds is 4. The van der Waals surface area contributed by atoms with Crippen molar-refractivity contribution in [1.82, 2.24) is 14.9 Å². The molecule has 3 heterocycles. The van der Waals surface area contributed by atoms with Crippen molar-refractivity contribution in [3.05, 3.63) is 18.1 Å². The first-order valence-electron chi connectivity index (χ1n) is 7.97. The zero-order valence-corrected chi connectivity index (χ0v) is 13.2. The first kappa shape index (κ1) is 15.2. The maximum absolute atomic E-state index is 11.9. The van der Waals surface area contributed by atoms with E-state index in [0.717, 1.165) is 25.0 Å². The summed E-state index contributed by atoms with van der Waals surface area (Å²) in [5, 5.41) is 0. The van der Waals surface area contributed by atoms with E-state index in [2.05, 4.69) is 9.97 Å². The summed E-state index contributed by atoms with van der Waals surface area (Å²) in [4.78, 5) is 22.2. The zero-order valence-electron chi connectivity index (χ0n) is 13.2. The third-order valence-electron chi connectivity index (χ3n) is 4.24. The van der Waals surface area contributed by atoms with Crippen molar-refractivity contribution in [2.45, 2.75) is 51.2 Å². The molecule has 6 heteroatoms. The largest absolute Gasteiger partial charge is 0.473 e. The highest BCUT2D eigenvalue weighted by molar-refractivity contribution is 5.77. The van der Waals surface area contributed by atoms with Crippen molar-refractivity contribution in [3.8, 4) is 5.88 Å². The normalized spacial score (nSPS) is 23.2. The molecule has 2 saturated heterocycles. The van der Waals surface area contributed by atoms with Crippen molar-refractivity contribution in [3.63, 3.8) is 0 Å².